The van der Waals surface area contributed by atoms with Crippen molar-refractivity contribution in [3.8, 4) is 0 Å². The Labute approximate surface area is 133 Å². The summed E-state index contributed by atoms with van der Waals surface area (Å²) in [5.74, 6) is -0.840. The Morgan fingerprint density at radius 2 is 2.14 bits per heavy atom. The molecular formula is C15H17ClN2O4. The number of amides is 2. The number of methoxy groups -OCH3 is 1. The zero-order valence-electron chi connectivity index (χ0n) is 12.4. The second-order valence-corrected chi connectivity index (χ2v) is 5.88. The zero-order chi connectivity index (χ0) is 16.3. The van der Waals surface area contributed by atoms with Crippen molar-refractivity contribution >= 4 is 35.1 Å². The monoisotopic (exact) mass is 324 g/mol. The maximum atomic E-state index is 12.4. The third kappa shape index (κ3) is 3.39. The molecule has 1 aromatic rings. The third-order valence-corrected chi connectivity index (χ3v) is 4.09. The molecule has 2 rings (SSSR count). The molecule has 1 fully saturated rings. The molecule has 1 heterocycles. The summed E-state index contributed by atoms with van der Waals surface area (Å²) in [6.07, 6.45) is 0.792. The molecule has 1 aliphatic rings. The van der Waals surface area contributed by atoms with E-state index < -0.39 is 11.4 Å². The second kappa shape index (κ2) is 6.36. The lowest BCUT2D eigenvalue weighted by molar-refractivity contribution is -0.130. The molecule has 2 amide bonds. The molecule has 0 aliphatic carbocycles. The van der Waals surface area contributed by atoms with Crippen LogP contribution in [0, 0.1) is 5.41 Å². The topological polar surface area (TPSA) is 84.5 Å². The van der Waals surface area contributed by atoms with Crippen LogP contribution in [-0.4, -0.2) is 31.4 Å². The van der Waals surface area contributed by atoms with E-state index in [1.54, 1.807) is 13.0 Å². The van der Waals surface area contributed by atoms with E-state index in [9.17, 15) is 14.4 Å². The van der Waals surface area contributed by atoms with Crippen molar-refractivity contribution in [1.82, 2.24) is 5.32 Å². The van der Waals surface area contributed by atoms with Crippen LogP contribution in [0.2, 0.25) is 5.02 Å². The Morgan fingerprint density at radius 3 is 2.73 bits per heavy atom. The predicted octanol–water partition coefficient (Wildman–Crippen LogP) is 1.98. The van der Waals surface area contributed by atoms with Gasteiger partial charge in [0.1, 0.15) is 0 Å². The normalized spacial score (nSPS) is 21.0. The summed E-state index contributed by atoms with van der Waals surface area (Å²) in [5, 5.41) is 5.70. The number of piperidine rings is 1. The molecule has 1 saturated heterocycles. The largest absolute Gasteiger partial charge is 0.465 e. The molecule has 7 heteroatoms. The number of nitrogens with one attached hydrogen (secondary N) is 2. The molecule has 1 unspecified atom stereocenters. The number of rotatable bonds is 3. The van der Waals surface area contributed by atoms with Crippen molar-refractivity contribution in [3.63, 3.8) is 0 Å². The highest BCUT2D eigenvalue weighted by atomic mass is 35.5. The Kier molecular flexibility index (Phi) is 4.71. The van der Waals surface area contributed by atoms with E-state index in [4.69, 9.17) is 11.6 Å². The molecule has 0 radical (unpaired) electrons. The molecule has 2 N–H and O–H groups in total. The number of hydrogen-bond acceptors (Lipinski definition) is 4. The minimum absolute atomic E-state index is 0.0512. The second-order valence-electron chi connectivity index (χ2n) is 5.48. The van der Waals surface area contributed by atoms with Gasteiger partial charge in [-0.25, -0.2) is 4.79 Å². The fourth-order valence-corrected chi connectivity index (χ4v) is 2.40. The van der Waals surface area contributed by atoms with E-state index >= 15 is 0 Å². The summed E-state index contributed by atoms with van der Waals surface area (Å²) in [6.45, 7) is 2.08. The molecular weight excluding hydrogens is 308 g/mol. The van der Waals surface area contributed by atoms with Crippen LogP contribution >= 0.6 is 11.6 Å². The lowest BCUT2D eigenvalue weighted by Crippen LogP contribution is -2.48. The standard InChI is InChI=1S/C15H17ClN2O4/c1-15(6-5-12(19)17-8-15)14(21)18-9-3-4-11(16)10(7-9)13(20)22-2/h3-4,7H,5-6,8H2,1-2H3,(H,17,19)(H,18,21). The van der Waals surface area contributed by atoms with E-state index in [1.807, 2.05) is 0 Å². The van der Waals surface area contributed by atoms with Crippen LogP contribution < -0.4 is 10.6 Å². The van der Waals surface area contributed by atoms with E-state index in [0.29, 0.717) is 18.5 Å². The van der Waals surface area contributed by atoms with Crippen LogP contribution in [0.4, 0.5) is 5.69 Å². The van der Waals surface area contributed by atoms with Crippen LogP contribution in [0.1, 0.15) is 30.1 Å². The summed E-state index contributed by atoms with van der Waals surface area (Å²) < 4.78 is 4.64. The summed E-state index contributed by atoms with van der Waals surface area (Å²) in [6, 6.07) is 4.60. The molecule has 0 aromatic heterocycles. The van der Waals surface area contributed by atoms with Crippen LogP contribution in [0.5, 0.6) is 0 Å². The summed E-state index contributed by atoms with van der Waals surface area (Å²) >= 11 is 5.94. The van der Waals surface area contributed by atoms with Crippen LogP contribution in [0.25, 0.3) is 0 Å². The van der Waals surface area contributed by atoms with Crippen LogP contribution in [0.3, 0.4) is 0 Å². The number of halogens is 1. The Bertz CT molecular complexity index is 620. The Morgan fingerprint density at radius 1 is 1.41 bits per heavy atom. The van der Waals surface area contributed by atoms with Gasteiger partial charge in [0.25, 0.3) is 0 Å². The van der Waals surface area contributed by atoms with E-state index in [1.165, 1.54) is 19.2 Å². The van der Waals surface area contributed by atoms with E-state index in [0.717, 1.165) is 0 Å². The average Bonchev–Trinajstić information content (AvgIpc) is 2.51. The van der Waals surface area contributed by atoms with Gasteiger partial charge in [-0.05, 0) is 31.5 Å². The first kappa shape index (κ1) is 16.3. The van der Waals surface area contributed by atoms with Gasteiger partial charge in [0.2, 0.25) is 11.8 Å². The predicted molar refractivity (Wildman–Crippen MR) is 81.8 cm³/mol. The first-order chi connectivity index (χ1) is 10.4. The highest BCUT2D eigenvalue weighted by Gasteiger charge is 2.37. The highest BCUT2D eigenvalue weighted by Crippen LogP contribution is 2.28. The number of ether oxygens (including phenoxy) is 1. The lowest BCUT2D eigenvalue weighted by atomic mass is 9.81. The zero-order valence-corrected chi connectivity index (χ0v) is 13.1. The summed E-state index contributed by atoms with van der Waals surface area (Å²) in [7, 11) is 1.26. The smallest absolute Gasteiger partial charge is 0.339 e. The minimum Gasteiger partial charge on any atom is -0.465 e. The van der Waals surface area contributed by atoms with Gasteiger partial charge in [-0.15, -0.1) is 0 Å². The van der Waals surface area contributed by atoms with E-state index in [2.05, 4.69) is 15.4 Å². The maximum Gasteiger partial charge on any atom is 0.339 e. The number of carbonyl (C=O) groups is 3. The SMILES string of the molecule is COC(=O)c1cc(NC(=O)C2(C)CCC(=O)NC2)ccc1Cl. The third-order valence-electron chi connectivity index (χ3n) is 3.76. The van der Waals surface area contributed by atoms with Crippen molar-refractivity contribution in [2.75, 3.05) is 19.0 Å². The first-order valence-electron chi connectivity index (χ1n) is 6.82. The molecule has 0 spiro atoms. The van der Waals surface area contributed by atoms with Crippen LogP contribution in [0.15, 0.2) is 18.2 Å². The van der Waals surface area contributed by atoms with Crippen LogP contribution in [-0.2, 0) is 14.3 Å². The van der Waals surface area contributed by atoms with Gasteiger partial charge in [-0.3, -0.25) is 9.59 Å². The number of esters is 1. The quantitative estimate of drug-likeness (QED) is 0.833. The van der Waals surface area contributed by atoms with Gasteiger partial charge in [0.05, 0.1) is 23.1 Å². The van der Waals surface area contributed by atoms with Gasteiger partial charge in [-0.2, -0.15) is 0 Å². The minimum atomic E-state index is -0.682. The molecule has 0 bridgehead atoms. The molecule has 6 nitrogen and oxygen atoms in total. The van der Waals surface area contributed by atoms with Crippen molar-refractivity contribution in [2.24, 2.45) is 5.41 Å². The van der Waals surface area contributed by atoms with Crippen molar-refractivity contribution in [3.05, 3.63) is 28.8 Å². The van der Waals surface area contributed by atoms with Gasteiger partial charge >= 0.3 is 5.97 Å². The molecule has 1 atom stereocenters. The number of hydrogen-bond donors (Lipinski definition) is 2. The van der Waals surface area contributed by atoms with Gasteiger partial charge in [-0.1, -0.05) is 11.6 Å². The van der Waals surface area contributed by atoms with Gasteiger partial charge < -0.3 is 15.4 Å². The van der Waals surface area contributed by atoms with Crippen molar-refractivity contribution < 1.29 is 19.1 Å². The Balaban J connectivity index is 2.15. The Hall–Kier alpha value is -2.08. The number of anilines is 1. The molecule has 118 valence electrons. The van der Waals surface area contributed by atoms with Gasteiger partial charge in [0, 0.05) is 18.7 Å². The van der Waals surface area contributed by atoms with E-state index in [-0.39, 0.29) is 28.9 Å². The number of carbonyl (C=O) groups excluding carboxylic acids is 3. The number of benzene rings is 1. The average molecular weight is 325 g/mol. The van der Waals surface area contributed by atoms with Crippen molar-refractivity contribution in [1.29, 1.82) is 0 Å². The first-order valence-corrected chi connectivity index (χ1v) is 7.19. The fourth-order valence-electron chi connectivity index (χ4n) is 2.21. The molecule has 1 aliphatic heterocycles. The van der Waals surface area contributed by atoms with Crippen molar-refractivity contribution in [2.45, 2.75) is 19.8 Å². The summed E-state index contributed by atoms with van der Waals surface area (Å²) in [4.78, 5) is 35.2. The molecule has 1 aromatic carbocycles. The summed E-state index contributed by atoms with van der Waals surface area (Å²) in [5.41, 5.74) is -0.0455. The molecule has 22 heavy (non-hydrogen) atoms. The van der Waals surface area contributed by atoms with Gasteiger partial charge in [0.15, 0.2) is 0 Å². The fraction of sp³-hybridized carbons (Fsp3) is 0.400. The molecule has 0 saturated carbocycles. The lowest BCUT2D eigenvalue weighted by Gasteiger charge is -2.32. The maximum absolute atomic E-state index is 12.4. The highest BCUT2D eigenvalue weighted by molar-refractivity contribution is 6.33.